The highest BCUT2D eigenvalue weighted by Crippen LogP contribution is 2.29. The largest absolute Gasteiger partial charge is 0.370 e. The van der Waals surface area contributed by atoms with Crippen molar-refractivity contribution in [2.45, 2.75) is 27.2 Å². The van der Waals surface area contributed by atoms with E-state index in [-0.39, 0.29) is 11.3 Å². The molecule has 0 saturated carbocycles. The average Bonchev–Trinajstić information content (AvgIpc) is 2.70. The minimum Gasteiger partial charge on any atom is -0.370 e. The Balaban J connectivity index is 2.12. The van der Waals surface area contributed by atoms with Crippen LogP contribution in [0.5, 0.6) is 0 Å². The second kappa shape index (κ2) is 4.96. The third kappa shape index (κ3) is 2.81. The van der Waals surface area contributed by atoms with E-state index in [1.807, 2.05) is 17.9 Å². The summed E-state index contributed by atoms with van der Waals surface area (Å²) in [4.78, 5) is 18.5. The molecule has 0 aliphatic carbocycles. The van der Waals surface area contributed by atoms with Crippen molar-refractivity contribution in [1.82, 2.24) is 9.88 Å². The number of aromatic nitrogens is 1. The molecule has 0 bridgehead atoms. The molecule has 1 saturated heterocycles. The fraction of sp³-hybridized carbons (Fsp3) is 0.571. The Morgan fingerprint density at radius 2 is 2.33 bits per heavy atom. The standard InChI is InChI=1S/C14H21N3O/c1-4-15-12-9-11(5-7-16-12)13(18)17-8-6-14(2,3)10-17/h5,7,9H,4,6,8,10H2,1-3H3,(H,15,16). The number of anilines is 1. The fourth-order valence-electron chi connectivity index (χ4n) is 2.31. The lowest BCUT2D eigenvalue weighted by Gasteiger charge is -2.20. The third-order valence-corrected chi connectivity index (χ3v) is 3.33. The van der Waals surface area contributed by atoms with Crippen LogP contribution in [0, 0.1) is 5.41 Å². The number of carbonyl (C=O) groups excluding carboxylic acids is 1. The van der Waals surface area contributed by atoms with Gasteiger partial charge in [-0.1, -0.05) is 13.8 Å². The van der Waals surface area contributed by atoms with Crippen LogP contribution in [0.15, 0.2) is 18.3 Å². The van der Waals surface area contributed by atoms with Gasteiger partial charge in [-0.25, -0.2) is 4.98 Å². The second-order valence-electron chi connectivity index (χ2n) is 5.60. The molecule has 98 valence electrons. The molecule has 0 atom stereocenters. The van der Waals surface area contributed by atoms with E-state index in [1.165, 1.54) is 0 Å². The molecule has 0 radical (unpaired) electrons. The predicted octanol–water partition coefficient (Wildman–Crippen LogP) is 2.39. The first-order valence-electron chi connectivity index (χ1n) is 6.51. The van der Waals surface area contributed by atoms with Gasteiger partial charge in [0.25, 0.3) is 5.91 Å². The molecule has 1 aliphatic rings. The number of rotatable bonds is 3. The number of likely N-dealkylation sites (tertiary alicyclic amines) is 1. The topological polar surface area (TPSA) is 45.2 Å². The van der Waals surface area contributed by atoms with Crippen LogP contribution >= 0.6 is 0 Å². The first-order chi connectivity index (χ1) is 8.52. The van der Waals surface area contributed by atoms with Crippen LogP contribution in [0.4, 0.5) is 5.82 Å². The van der Waals surface area contributed by atoms with Gasteiger partial charge in [0.1, 0.15) is 5.82 Å². The van der Waals surface area contributed by atoms with Crippen molar-refractivity contribution in [3.8, 4) is 0 Å². The maximum Gasteiger partial charge on any atom is 0.254 e. The molecule has 18 heavy (non-hydrogen) atoms. The molecule has 1 aliphatic heterocycles. The molecule has 1 aromatic heterocycles. The van der Waals surface area contributed by atoms with Crippen LogP contribution in [-0.4, -0.2) is 35.4 Å². The van der Waals surface area contributed by atoms with Crippen molar-refractivity contribution in [1.29, 1.82) is 0 Å². The van der Waals surface area contributed by atoms with Gasteiger partial charge in [0.15, 0.2) is 0 Å². The number of nitrogens with one attached hydrogen (secondary N) is 1. The summed E-state index contributed by atoms with van der Waals surface area (Å²) < 4.78 is 0. The Morgan fingerprint density at radius 3 is 2.94 bits per heavy atom. The first-order valence-corrected chi connectivity index (χ1v) is 6.51. The number of hydrogen-bond donors (Lipinski definition) is 1. The van der Waals surface area contributed by atoms with Gasteiger partial charge in [-0.15, -0.1) is 0 Å². The molecule has 0 spiro atoms. The number of nitrogens with zero attached hydrogens (tertiary/aromatic N) is 2. The van der Waals surface area contributed by atoms with E-state index in [4.69, 9.17) is 0 Å². The van der Waals surface area contributed by atoms with Crippen LogP contribution in [0.1, 0.15) is 37.6 Å². The number of carbonyl (C=O) groups is 1. The minimum atomic E-state index is 0.113. The van der Waals surface area contributed by atoms with E-state index in [0.29, 0.717) is 0 Å². The molecule has 4 heteroatoms. The van der Waals surface area contributed by atoms with Crippen LogP contribution < -0.4 is 5.32 Å². The summed E-state index contributed by atoms with van der Waals surface area (Å²) in [6, 6.07) is 3.62. The molecule has 4 nitrogen and oxygen atoms in total. The second-order valence-corrected chi connectivity index (χ2v) is 5.60. The van der Waals surface area contributed by atoms with Gasteiger partial charge in [0, 0.05) is 31.4 Å². The van der Waals surface area contributed by atoms with Gasteiger partial charge in [-0.2, -0.15) is 0 Å². The van der Waals surface area contributed by atoms with Crippen molar-refractivity contribution in [3.63, 3.8) is 0 Å². The minimum absolute atomic E-state index is 0.113. The molecule has 1 N–H and O–H groups in total. The average molecular weight is 247 g/mol. The Hall–Kier alpha value is -1.58. The van der Waals surface area contributed by atoms with E-state index in [0.717, 1.165) is 37.4 Å². The lowest BCUT2D eigenvalue weighted by atomic mass is 9.93. The van der Waals surface area contributed by atoms with E-state index in [2.05, 4.69) is 24.1 Å². The Labute approximate surface area is 108 Å². The molecular weight excluding hydrogens is 226 g/mol. The highest BCUT2D eigenvalue weighted by Gasteiger charge is 2.32. The fourth-order valence-corrected chi connectivity index (χ4v) is 2.31. The summed E-state index contributed by atoms with van der Waals surface area (Å²) in [5, 5.41) is 3.13. The molecular formula is C14H21N3O. The highest BCUT2D eigenvalue weighted by molar-refractivity contribution is 5.95. The normalized spacial score (nSPS) is 17.8. The maximum absolute atomic E-state index is 12.4. The van der Waals surface area contributed by atoms with Gasteiger partial charge >= 0.3 is 0 Å². The summed E-state index contributed by atoms with van der Waals surface area (Å²) in [6.45, 7) is 8.92. The van der Waals surface area contributed by atoms with Gasteiger partial charge in [0.2, 0.25) is 0 Å². The first kappa shape index (κ1) is 12.9. The van der Waals surface area contributed by atoms with Crippen LogP contribution in [0.2, 0.25) is 0 Å². The van der Waals surface area contributed by atoms with Gasteiger partial charge in [0.05, 0.1) is 0 Å². The molecule has 2 rings (SSSR count). The number of pyridine rings is 1. The SMILES string of the molecule is CCNc1cc(C(=O)N2CCC(C)(C)C2)ccn1. The summed E-state index contributed by atoms with van der Waals surface area (Å²) in [7, 11) is 0. The quantitative estimate of drug-likeness (QED) is 0.892. The number of amides is 1. The van der Waals surface area contributed by atoms with Crippen molar-refractivity contribution in [3.05, 3.63) is 23.9 Å². The van der Waals surface area contributed by atoms with E-state index >= 15 is 0 Å². The summed E-state index contributed by atoms with van der Waals surface area (Å²) >= 11 is 0. The monoisotopic (exact) mass is 247 g/mol. The molecule has 0 unspecified atom stereocenters. The zero-order chi connectivity index (χ0) is 13.2. The van der Waals surface area contributed by atoms with Gasteiger partial charge in [-0.05, 0) is 30.9 Å². The predicted molar refractivity (Wildman–Crippen MR) is 72.7 cm³/mol. The van der Waals surface area contributed by atoms with Crippen molar-refractivity contribution in [2.75, 3.05) is 25.0 Å². The van der Waals surface area contributed by atoms with Crippen LogP contribution in [0.25, 0.3) is 0 Å². The van der Waals surface area contributed by atoms with Gasteiger partial charge < -0.3 is 10.2 Å². The van der Waals surface area contributed by atoms with Crippen LogP contribution in [-0.2, 0) is 0 Å². The van der Waals surface area contributed by atoms with Crippen molar-refractivity contribution < 1.29 is 4.79 Å². The molecule has 1 fully saturated rings. The smallest absolute Gasteiger partial charge is 0.254 e. The zero-order valence-electron chi connectivity index (χ0n) is 11.4. The van der Waals surface area contributed by atoms with E-state index in [9.17, 15) is 4.79 Å². The van der Waals surface area contributed by atoms with E-state index < -0.39 is 0 Å². The summed E-state index contributed by atoms with van der Waals surface area (Å²) in [6.07, 6.45) is 2.76. The van der Waals surface area contributed by atoms with E-state index in [1.54, 1.807) is 12.3 Å². The molecule has 0 aromatic carbocycles. The third-order valence-electron chi connectivity index (χ3n) is 3.33. The number of hydrogen-bond acceptors (Lipinski definition) is 3. The summed E-state index contributed by atoms with van der Waals surface area (Å²) in [5.41, 5.74) is 0.964. The molecule has 1 aromatic rings. The molecule has 1 amide bonds. The highest BCUT2D eigenvalue weighted by atomic mass is 16.2. The van der Waals surface area contributed by atoms with Crippen molar-refractivity contribution >= 4 is 11.7 Å². The van der Waals surface area contributed by atoms with Crippen molar-refractivity contribution in [2.24, 2.45) is 5.41 Å². The zero-order valence-corrected chi connectivity index (χ0v) is 11.4. The lowest BCUT2D eigenvalue weighted by Crippen LogP contribution is -2.30. The maximum atomic E-state index is 12.4. The Bertz CT molecular complexity index is 442. The van der Waals surface area contributed by atoms with Crippen LogP contribution in [0.3, 0.4) is 0 Å². The lowest BCUT2D eigenvalue weighted by molar-refractivity contribution is 0.0778. The summed E-state index contributed by atoms with van der Waals surface area (Å²) in [5.74, 6) is 0.879. The van der Waals surface area contributed by atoms with Gasteiger partial charge in [-0.3, -0.25) is 4.79 Å². The Morgan fingerprint density at radius 1 is 1.56 bits per heavy atom. The Kier molecular flexibility index (Phi) is 3.55. The molecule has 2 heterocycles.